The van der Waals surface area contributed by atoms with Crippen molar-refractivity contribution in [3.8, 4) is 0 Å². The lowest BCUT2D eigenvalue weighted by molar-refractivity contribution is -0.140. The molecule has 1 fully saturated rings. The fourth-order valence-electron chi connectivity index (χ4n) is 4.37. The van der Waals surface area contributed by atoms with Gasteiger partial charge in [0, 0.05) is 30.4 Å². The summed E-state index contributed by atoms with van der Waals surface area (Å²) in [4.78, 5) is 12.6. The lowest BCUT2D eigenvalue weighted by Gasteiger charge is -2.28. The summed E-state index contributed by atoms with van der Waals surface area (Å²) in [6, 6.07) is 3.17. The Hall–Kier alpha value is -1.91. The average molecular weight is 612 g/mol. The number of Topliss-reactive ketones (excluding diaryl/α,β-unsaturated/α-hetero) is 1. The Kier molecular flexibility index (Phi) is 9.10. The normalized spacial score (nSPS) is 19.4. The van der Waals surface area contributed by atoms with Crippen LogP contribution in [0.3, 0.4) is 0 Å². The van der Waals surface area contributed by atoms with Gasteiger partial charge in [0.2, 0.25) is 5.92 Å². The molecule has 208 valence electrons. The van der Waals surface area contributed by atoms with Crippen LogP contribution in [0, 0.1) is 5.92 Å². The highest BCUT2D eigenvalue weighted by Crippen LogP contribution is 2.43. The highest BCUT2D eigenvalue weighted by molar-refractivity contribution is 6.48. The predicted octanol–water partition coefficient (Wildman–Crippen LogP) is 10.7. The van der Waals surface area contributed by atoms with Crippen LogP contribution in [0.15, 0.2) is 36.4 Å². The summed E-state index contributed by atoms with van der Waals surface area (Å²) in [5, 5.41) is -0.945. The zero-order valence-electron chi connectivity index (χ0n) is 19.1. The molecule has 2 unspecified atom stereocenters. The van der Waals surface area contributed by atoms with Gasteiger partial charge >= 0.3 is 12.4 Å². The lowest BCUT2D eigenvalue weighted by atomic mass is 9.82. The third kappa shape index (κ3) is 7.39. The third-order valence-corrected chi connectivity index (χ3v) is 7.35. The minimum Gasteiger partial charge on any atom is -0.294 e. The number of ketones is 1. The van der Waals surface area contributed by atoms with Crippen molar-refractivity contribution in [2.24, 2.45) is 5.92 Å². The molecule has 2 atom stereocenters. The first-order valence-corrected chi connectivity index (χ1v) is 12.2. The number of halogens is 12. The molecule has 1 aliphatic carbocycles. The predicted molar refractivity (Wildman–Crippen MR) is 127 cm³/mol. The number of carbonyl (C=O) groups excluding carboxylic acids is 1. The maximum Gasteiger partial charge on any atom is 0.417 e. The zero-order chi connectivity index (χ0) is 28.6. The second-order valence-electron chi connectivity index (χ2n) is 9.04. The summed E-state index contributed by atoms with van der Waals surface area (Å²) in [7, 11) is 0. The van der Waals surface area contributed by atoms with Crippen molar-refractivity contribution in [3.63, 3.8) is 0 Å². The molecular weight excluding hydrogens is 594 g/mol. The Bertz CT molecular complexity index is 1210. The first kappa shape index (κ1) is 30.6. The molecule has 0 amide bonds. The van der Waals surface area contributed by atoms with Crippen molar-refractivity contribution in [1.82, 2.24) is 0 Å². The van der Waals surface area contributed by atoms with Crippen molar-refractivity contribution in [2.45, 2.75) is 56.3 Å². The summed E-state index contributed by atoms with van der Waals surface area (Å²) in [6.07, 6.45) is -11.5. The molecule has 3 rings (SSSR count). The van der Waals surface area contributed by atoms with E-state index in [4.69, 9.17) is 34.8 Å². The van der Waals surface area contributed by atoms with E-state index in [1.807, 2.05) is 0 Å². The average Bonchev–Trinajstić information content (AvgIpc) is 2.78. The van der Waals surface area contributed by atoms with E-state index in [1.54, 1.807) is 0 Å². The molecule has 2 aromatic rings. The third-order valence-electron chi connectivity index (χ3n) is 6.15. The Labute approximate surface area is 226 Å². The number of hydrogen-bond donors (Lipinski definition) is 0. The molecule has 1 aliphatic rings. The van der Waals surface area contributed by atoms with E-state index in [9.17, 15) is 44.3 Å². The van der Waals surface area contributed by atoms with E-state index in [-0.39, 0.29) is 46.5 Å². The first-order chi connectivity index (χ1) is 17.4. The zero-order valence-corrected chi connectivity index (χ0v) is 21.4. The van der Waals surface area contributed by atoms with Crippen LogP contribution in [0.25, 0.3) is 5.83 Å². The molecule has 38 heavy (non-hydrogen) atoms. The number of carbonyl (C=O) groups is 1. The van der Waals surface area contributed by atoms with Crippen molar-refractivity contribution < 1.29 is 44.3 Å². The Morgan fingerprint density at radius 3 is 2.16 bits per heavy atom. The molecule has 0 aliphatic heterocycles. The van der Waals surface area contributed by atoms with Crippen molar-refractivity contribution in [3.05, 3.63) is 73.7 Å². The topological polar surface area (TPSA) is 17.1 Å². The Morgan fingerprint density at radius 2 is 1.63 bits per heavy atom. The van der Waals surface area contributed by atoms with E-state index in [0.717, 1.165) is 18.2 Å². The molecule has 0 N–H and O–H groups in total. The molecule has 2 aromatic carbocycles. The largest absolute Gasteiger partial charge is 0.417 e. The maximum absolute atomic E-state index is 15.0. The molecule has 13 heteroatoms. The standard InChI is InChI=1S/C25H18Cl3F9O/c26-18-8-14(9-19(27)22(18)28)16(24(32,33)34)10-20(29)13-3-4-15(17(7-13)25(35,36)37)21(38)6-12-2-1-5-23(30,31)11-12/h3-4,7-10,12,16H,1-2,5-6,11H2/b20-10-. The summed E-state index contributed by atoms with van der Waals surface area (Å²) >= 11 is 17.3. The van der Waals surface area contributed by atoms with Crippen molar-refractivity contribution >= 4 is 46.4 Å². The van der Waals surface area contributed by atoms with Gasteiger partial charge in [-0.05, 0) is 48.6 Å². The minimum absolute atomic E-state index is 0.0526. The Morgan fingerprint density at radius 1 is 1.03 bits per heavy atom. The molecule has 1 saturated carbocycles. The van der Waals surface area contributed by atoms with Gasteiger partial charge in [0.15, 0.2) is 5.78 Å². The molecule has 0 saturated heterocycles. The monoisotopic (exact) mass is 610 g/mol. The number of benzene rings is 2. The van der Waals surface area contributed by atoms with Crippen molar-refractivity contribution in [2.75, 3.05) is 0 Å². The van der Waals surface area contributed by atoms with Crippen molar-refractivity contribution in [1.29, 1.82) is 0 Å². The number of alkyl halides is 8. The quantitative estimate of drug-likeness (QED) is 0.180. The van der Waals surface area contributed by atoms with E-state index >= 15 is 0 Å². The summed E-state index contributed by atoms with van der Waals surface area (Å²) in [5.74, 6) is -9.25. The van der Waals surface area contributed by atoms with Gasteiger partial charge in [-0.3, -0.25) is 4.79 Å². The molecule has 1 nitrogen and oxygen atoms in total. The van der Waals surface area contributed by atoms with E-state index in [1.165, 1.54) is 0 Å². The van der Waals surface area contributed by atoms with Gasteiger partial charge in [0.05, 0.1) is 20.6 Å². The van der Waals surface area contributed by atoms with Crippen LogP contribution in [0.4, 0.5) is 39.5 Å². The molecule has 0 spiro atoms. The fourth-order valence-corrected chi connectivity index (χ4v) is 4.98. The van der Waals surface area contributed by atoms with Gasteiger partial charge in [-0.2, -0.15) is 26.3 Å². The first-order valence-electron chi connectivity index (χ1n) is 11.1. The summed E-state index contributed by atoms with van der Waals surface area (Å²) < 4.78 is 125. The summed E-state index contributed by atoms with van der Waals surface area (Å²) in [6.45, 7) is 0. The molecular formula is C25H18Cl3F9O. The van der Waals surface area contributed by atoms with E-state index in [0.29, 0.717) is 6.07 Å². The van der Waals surface area contributed by atoms with Crippen LogP contribution in [0.1, 0.15) is 65.1 Å². The highest BCUT2D eigenvalue weighted by atomic mass is 35.5. The van der Waals surface area contributed by atoms with Gasteiger partial charge in [-0.1, -0.05) is 46.9 Å². The molecule has 0 heterocycles. The van der Waals surface area contributed by atoms with Crippen LogP contribution in [-0.4, -0.2) is 17.9 Å². The Balaban J connectivity index is 1.99. The van der Waals surface area contributed by atoms with Crippen LogP contribution >= 0.6 is 34.8 Å². The minimum atomic E-state index is -5.18. The van der Waals surface area contributed by atoms with Crippen LogP contribution in [0.2, 0.25) is 15.1 Å². The summed E-state index contributed by atoms with van der Waals surface area (Å²) in [5.41, 5.74) is -3.96. The van der Waals surface area contributed by atoms with Gasteiger partial charge < -0.3 is 0 Å². The highest BCUT2D eigenvalue weighted by Gasteiger charge is 2.42. The number of allylic oxidation sites excluding steroid dienone is 1. The lowest BCUT2D eigenvalue weighted by Crippen LogP contribution is -2.27. The van der Waals surface area contributed by atoms with Gasteiger partial charge in [0.25, 0.3) is 0 Å². The number of rotatable bonds is 6. The second kappa shape index (κ2) is 11.3. The smallest absolute Gasteiger partial charge is 0.294 e. The van der Waals surface area contributed by atoms with Crippen LogP contribution in [0.5, 0.6) is 0 Å². The molecule has 0 radical (unpaired) electrons. The van der Waals surface area contributed by atoms with Gasteiger partial charge in [0.1, 0.15) is 11.7 Å². The van der Waals surface area contributed by atoms with Crippen LogP contribution in [-0.2, 0) is 6.18 Å². The molecule has 0 bridgehead atoms. The maximum atomic E-state index is 15.0. The number of hydrogen-bond acceptors (Lipinski definition) is 1. The molecule has 0 aromatic heterocycles. The fraction of sp³-hybridized carbons (Fsp3) is 0.400. The van der Waals surface area contributed by atoms with E-state index in [2.05, 4.69) is 0 Å². The van der Waals surface area contributed by atoms with Crippen LogP contribution < -0.4 is 0 Å². The SMILES string of the molecule is O=C(CC1CCCC(F)(F)C1)c1ccc(/C(F)=C/C(c2cc(Cl)c(Cl)c(Cl)c2)C(F)(F)F)cc1C(F)(F)F. The van der Waals surface area contributed by atoms with Gasteiger partial charge in [-0.15, -0.1) is 0 Å². The van der Waals surface area contributed by atoms with Gasteiger partial charge in [-0.25, -0.2) is 13.2 Å². The second-order valence-corrected chi connectivity index (χ2v) is 10.2. The van der Waals surface area contributed by atoms with E-state index < -0.39 is 76.8 Å².